The summed E-state index contributed by atoms with van der Waals surface area (Å²) in [6.45, 7) is 9.23. The van der Waals surface area contributed by atoms with Gasteiger partial charge in [0.25, 0.3) is 5.91 Å². The molecule has 5 heteroatoms. The number of allylic oxidation sites excluding steroid dienone is 1. The second kappa shape index (κ2) is 12.3. The number of rotatable bonds is 11. The molecule has 0 fully saturated rings. The number of carbonyl (C=O) groups excluding carboxylic acids is 1. The minimum atomic E-state index is -0.217. The molecule has 0 aliphatic heterocycles. The maximum atomic E-state index is 12.6. The predicted molar refractivity (Wildman–Crippen MR) is 123 cm³/mol. The molecule has 0 aliphatic rings. The van der Waals surface area contributed by atoms with Gasteiger partial charge in [-0.1, -0.05) is 62.7 Å². The molecule has 1 atom stereocenters. The van der Waals surface area contributed by atoms with Crippen LogP contribution in [0.2, 0.25) is 5.02 Å². The largest absolute Gasteiger partial charge is 0.493 e. The molecule has 4 nitrogen and oxygen atoms in total. The van der Waals surface area contributed by atoms with Gasteiger partial charge in [-0.15, -0.1) is 0 Å². The van der Waals surface area contributed by atoms with E-state index in [0.29, 0.717) is 42.7 Å². The molecule has 0 aliphatic carbocycles. The number of nitrogens with one attached hydrogen (secondary N) is 1. The van der Waals surface area contributed by atoms with E-state index in [0.717, 1.165) is 16.9 Å². The first-order chi connectivity index (χ1) is 14.4. The summed E-state index contributed by atoms with van der Waals surface area (Å²) >= 11 is 6.20. The third kappa shape index (κ3) is 8.11. The molecule has 162 valence electrons. The molecule has 1 unspecified atom stereocenters. The van der Waals surface area contributed by atoms with Crippen molar-refractivity contribution in [2.45, 2.75) is 53.2 Å². The van der Waals surface area contributed by atoms with Crippen LogP contribution in [-0.2, 0) is 22.5 Å². The number of hydrogen-bond acceptors (Lipinski definition) is 3. The Kier molecular flexibility index (Phi) is 9.75. The second-order valence-corrected chi connectivity index (χ2v) is 8.17. The number of ether oxygens (including phenoxy) is 2. The standard InChI is InChI=1S/C25H32ClNO3/c1-5-9-24(25(28)27-16-20-10-7-6-8-11-20)30-19(4)14-21-15-22(26)12-13-23(21)29-17-18(2)3/h6-13,15,18-19H,5,14,16-17H2,1-4H3,(H,27,28)/b24-9-. The van der Waals surface area contributed by atoms with E-state index in [9.17, 15) is 4.79 Å². The molecule has 2 aromatic carbocycles. The smallest absolute Gasteiger partial charge is 0.286 e. The van der Waals surface area contributed by atoms with Crippen LogP contribution in [0.25, 0.3) is 0 Å². The van der Waals surface area contributed by atoms with Crippen LogP contribution in [0.3, 0.4) is 0 Å². The second-order valence-electron chi connectivity index (χ2n) is 7.73. The van der Waals surface area contributed by atoms with Crippen LogP contribution in [-0.4, -0.2) is 18.6 Å². The minimum absolute atomic E-state index is 0.213. The van der Waals surface area contributed by atoms with Gasteiger partial charge in [0.2, 0.25) is 0 Å². The van der Waals surface area contributed by atoms with Crippen molar-refractivity contribution in [1.82, 2.24) is 5.32 Å². The van der Waals surface area contributed by atoms with Crippen molar-refractivity contribution >= 4 is 17.5 Å². The zero-order valence-corrected chi connectivity index (χ0v) is 19.0. The molecule has 2 aromatic rings. The molecular weight excluding hydrogens is 398 g/mol. The van der Waals surface area contributed by atoms with Crippen molar-refractivity contribution in [2.24, 2.45) is 5.92 Å². The summed E-state index contributed by atoms with van der Waals surface area (Å²) in [5.41, 5.74) is 2.01. The lowest BCUT2D eigenvalue weighted by atomic mass is 10.1. The molecule has 0 saturated carbocycles. The Morgan fingerprint density at radius 3 is 2.53 bits per heavy atom. The number of carbonyl (C=O) groups is 1. The molecule has 0 saturated heterocycles. The van der Waals surface area contributed by atoms with Crippen LogP contribution >= 0.6 is 11.6 Å². The molecule has 0 radical (unpaired) electrons. The first-order valence-corrected chi connectivity index (χ1v) is 10.9. The Hall–Kier alpha value is -2.46. The summed E-state index contributed by atoms with van der Waals surface area (Å²) in [4.78, 5) is 12.6. The van der Waals surface area contributed by atoms with Crippen LogP contribution in [0.1, 0.15) is 45.2 Å². The van der Waals surface area contributed by atoms with Crippen LogP contribution in [0.4, 0.5) is 0 Å². The van der Waals surface area contributed by atoms with E-state index >= 15 is 0 Å². The average molecular weight is 430 g/mol. The first-order valence-electron chi connectivity index (χ1n) is 10.5. The zero-order valence-electron chi connectivity index (χ0n) is 18.3. The molecule has 0 spiro atoms. The predicted octanol–water partition coefficient (Wildman–Crippen LogP) is 5.93. The van der Waals surface area contributed by atoms with Crippen molar-refractivity contribution in [3.8, 4) is 5.75 Å². The quantitative estimate of drug-likeness (QED) is 0.355. The molecule has 0 aromatic heterocycles. The fourth-order valence-electron chi connectivity index (χ4n) is 2.92. The van der Waals surface area contributed by atoms with E-state index in [-0.39, 0.29) is 12.0 Å². The van der Waals surface area contributed by atoms with Gasteiger partial charge in [-0.3, -0.25) is 4.79 Å². The van der Waals surface area contributed by atoms with Gasteiger partial charge in [0.15, 0.2) is 5.76 Å². The normalized spacial score (nSPS) is 12.5. The summed E-state index contributed by atoms with van der Waals surface area (Å²) in [5.74, 6) is 1.36. The van der Waals surface area contributed by atoms with E-state index in [1.54, 1.807) is 0 Å². The number of halogens is 1. The maximum Gasteiger partial charge on any atom is 0.286 e. The van der Waals surface area contributed by atoms with Crippen molar-refractivity contribution in [1.29, 1.82) is 0 Å². The zero-order chi connectivity index (χ0) is 21.9. The lowest BCUT2D eigenvalue weighted by Crippen LogP contribution is -2.28. The van der Waals surface area contributed by atoms with Gasteiger partial charge >= 0.3 is 0 Å². The van der Waals surface area contributed by atoms with E-state index in [4.69, 9.17) is 21.1 Å². The highest BCUT2D eigenvalue weighted by Crippen LogP contribution is 2.26. The molecule has 30 heavy (non-hydrogen) atoms. The molecule has 0 heterocycles. The number of benzene rings is 2. The Morgan fingerprint density at radius 1 is 1.13 bits per heavy atom. The Bertz CT molecular complexity index is 834. The van der Waals surface area contributed by atoms with Gasteiger partial charge in [0.05, 0.1) is 6.61 Å². The fourth-order valence-corrected chi connectivity index (χ4v) is 3.11. The van der Waals surface area contributed by atoms with E-state index in [1.807, 2.05) is 68.5 Å². The fraction of sp³-hybridized carbons (Fsp3) is 0.400. The van der Waals surface area contributed by atoms with Gasteiger partial charge < -0.3 is 14.8 Å². The van der Waals surface area contributed by atoms with E-state index < -0.39 is 0 Å². The lowest BCUT2D eigenvalue weighted by Gasteiger charge is -2.19. The number of amides is 1. The Labute approximate surface area is 185 Å². The van der Waals surface area contributed by atoms with Crippen LogP contribution in [0.15, 0.2) is 60.4 Å². The molecule has 2 rings (SSSR count). The highest BCUT2D eigenvalue weighted by Gasteiger charge is 2.17. The van der Waals surface area contributed by atoms with Crippen molar-refractivity contribution in [3.05, 3.63) is 76.5 Å². The summed E-state index contributed by atoms with van der Waals surface area (Å²) in [6.07, 6.45) is 2.89. The van der Waals surface area contributed by atoms with Gasteiger partial charge in [-0.25, -0.2) is 0 Å². The van der Waals surface area contributed by atoms with Crippen LogP contribution in [0, 0.1) is 5.92 Å². The maximum absolute atomic E-state index is 12.6. The number of hydrogen-bond donors (Lipinski definition) is 1. The average Bonchev–Trinajstić information content (AvgIpc) is 2.71. The Balaban J connectivity index is 2.01. The Morgan fingerprint density at radius 2 is 1.87 bits per heavy atom. The van der Waals surface area contributed by atoms with Gasteiger partial charge in [-0.05, 0) is 54.7 Å². The third-order valence-electron chi connectivity index (χ3n) is 4.34. The lowest BCUT2D eigenvalue weighted by molar-refractivity contribution is -0.122. The van der Waals surface area contributed by atoms with Crippen molar-refractivity contribution in [2.75, 3.05) is 6.61 Å². The highest BCUT2D eigenvalue weighted by atomic mass is 35.5. The molecule has 1 amide bonds. The first kappa shape index (κ1) is 23.8. The highest BCUT2D eigenvalue weighted by molar-refractivity contribution is 6.30. The van der Waals surface area contributed by atoms with Crippen molar-refractivity contribution in [3.63, 3.8) is 0 Å². The summed E-state index contributed by atoms with van der Waals surface area (Å²) in [7, 11) is 0. The summed E-state index contributed by atoms with van der Waals surface area (Å²) in [6, 6.07) is 15.4. The summed E-state index contributed by atoms with van der Waals surface area (Å²) < 4.78 is 11.9. The monoisotopic (exact) mass is 429 g/mol. The topological polar surface area (TPSA) is 47.6 Å². The molecule has 1 N–H and O–H groups in total. The third-order valence-corrected chi connectivity index (χ3v) is 4.57. The van der Waals surface area contributed by atoms with E-state index in [1.165, 1.54) is 0 Å². The van der Waals surface area contributed by atoms with Gasteiger partial charge in [0, 0.05) is 18.0 Å². The van der Waals surface area contributed by atoms with Gasteiger partial charge in [0.1, 0.15) is 11.9 Å². The van der Waals surface area contributed by atoms with Gasteiger partial charge in [-0.2, -0.15) is 0 Å². The molecular formula is C25H32ClNO3. The molecule has 0 bridgehead atoms. The van der Waals surface area contributed by atoms with Crippen LogP contribution < -0.4 is 10.1 Å². The van der Waals surface area contributed by atoms with Crippen LogP contribution in [0.5, 0.6) is 5.75 Å². The summed E-state index contributed by atoms with van der Waals surface area (Å²) in [5, 5.41) is 3.58. The van der Waals surface area contributed by atoms with E-state index in [2.05, 4.69) is 19.2 Å². The minimum Gasteiger partial charge on any atom is -0.493 e. The SMILES string of the molecule is CC/C=C(\OC(C)Cc1cc(Cl)ccc1OCC(C)C)C(=O)NCc1ccccc1. The van der Waals surface area contributed by atoms with Crippen molar-refractivity contribution < 1.29 is 14.3 Å².